The van der Waals surface area contributed by atoms with Gasteiger partial charge < -0.3 is 20.3 Å². The van der Waals surface area contributed by atoms with Gasteiger partial charge in [-0.1, -0.05) is 0 Å². The molecule has 7 heterocycles. The minimum atomic E-state index is -0.972. The van der Waals surface area contributed by atoms with Crippen LogP contribution in [0.4, 0.5) is 15.9 Å². The van der Waals surface area contributed by atoms with E-state index < -0.39 is 41.6 Å². The zero-order valence-corrected chi connectivity index (χ0v) is 33.2. The minimum absolute atomic E-state index is 0.0920. The maximum absolute atomic E-state index is 14.3. The van der Waals surface area contributed by atoms with Crippen LogP contribution >= 0.6 is 0 Å². The van der Waals surface area contributed by atoms with Gasteiger partial charge in [0.1, 0.15) is 18.0 Å². The third-order valence-corrected chi connectivity index (χ3v) is 12.4. The molecule has 9 rings (SSSR count). The van der Waals surface area contributed by atoms with E-state index in [0.29, 0.717) is 34.0 Å². The van der Waals surface area contributed by atoms with Crippen LogP contribution in [-0.4, -0.2) is 102 Å². The first-order valence-corrected chi connectivity index (χ1v) is 20.6. The van der Waals surface area contributed by atoms with Crippen LogP contribution < -0.4 is 20.7 Å². The first kappa shape index (κ1) is 39.0. The minimum Gasteiger partial charge on any atom is -0.482 e. The zero-order valence-electron chi connectivity index (χ0n) is 33.2. The number of nitrogens with one attached hydrogen (secondary N) is 1. The first-order chi connectivity index (χ1) is 29.1. The van der Waals surface area contributed by atoms with Crippen molar-refractivity contribution in [3.63, 3.8) is 0 Å². The Balaban J connectivity index is 0.749. The molecule has 0 saturated carbocycles. The number of ether oxygens (including phenoxy) is 1. The third kappa shape index (κ3) is 7.72. The highest BCUT2D eigenvalue weighted by atomic mass is 19.1. The predicted octanol–water partition coefficient (Wildman–Crippen LogP) is 4.73. The van der Waals surface area contributed by atoms with Gasteiger partial charge in [-0.15, -0.1) is 0 Å². The van der Waals surface area contributed by atoms with Crippen LogP contribution in [0.5, 0.6) is 5.75 Å². The van der Waals surface area contributed by atoms with E-state index in [4.69, 9.17) is 15.6 Å². The standard InChI is InChI=1S/C43H46FN11O5/c1-26(34-21-30(44)2-5-36(34)55-47-13-14-48-55)60-38-20-28(23-46-40(38)45)29-24-49-53(25-29)31-11-16-51(17-12-31)15-8-27-9-18-52(19-10-27)32-3-4-33-35(22-32)43(59)54(42(33)58)37-6-7-39(56)50-41(37)57/h2-5,13-14,20-27,31,37H,6-12,15-19H2,1H3,(H2,45,46)(H,50,56,57)/t26-,37?/m1/s1. The number of nitrogens with two attached hydrogens (primary N) is 1. The number of carbonyl (C=O) groups excluding carboxylic acids is 4. The average Bonchev–Trinajstić information content (AvgIpc) is 4.03. The summed E-state index contributed by atoms with van der Waals surface area (Å²) in [6.45, 7) is 6.57. The molecule has 17 heteroatoms. The van der Waals surface area contributed by atoms with E-state index in [0.717, 1.165) is 86.5 Å². The van der Waals surface area contributed by atoms with Gasteiger partial charge >= 0.3 is 0 Å². The number of pyridine rings is 1. The fourth-order valence-electron chi connectivity index (χ4n) is 8.93. The van der Waals surface area contributed by atoms with Crippen molar-refractivity contribution in [2.45, 2.75) is 70.1 Å². The maximum atomic E-state index is 14.3. The van der Waals surface area contributed by atoms with Gasteiger partial charge in [-0.25, -0.2) is 9.37 Å². The van der Waals surface area contributed by atoms with E-state index in [9.17, 15) is 23.6 Å². The monoisotopic (exact) mass is 815 g/mol. The molecule has 3 N–H and O–H groups in total. The lowest BCUT2D eigenvalue weighted by molar-refractivity contribution is -0.136. The molecule has 5 aromatic rings. The quantitative estimate of drug-likeness (QED) is 0.175. The molecule has 3 saturated heterocycles. The van der Waals surface area contributed by atoms with Gasteiger partial charge in [0.15, 0.2) is 11.6 Å². The lowest BCUT2D eigenvalue weighted by Crippen LogP contribution is -2.54. The summed E-state index contributed by atoms with van der Waals surface area (Å²) < 4.78 is 22.6. The largest absolute Gasteiger partial charge is 0.482 e. The molecule has 3 fully saturated rings. The highest BCUT2D eigenvalue weighted by molar-refractivity contribution is 6.23. The van der Waals surface area contributed by atoms with Crippen molar-refractivity contribution in [3.05, 3.63) is 96.0 Å². The first-order valence-electron chi connectivity index (χ1n) is 20.6. The molecule has 310 valence electrons. The molecule has 4 amide bonds. The molecular weight excluding hydrogens is 770 g/mol. The Morgan fingerprint density at radius 3 is 2.40 bits per heavy atom. The van der Waals surface area contributed by atoms with E-state index in [1.807, 2.05) is 36.1 Å². The van der Waals surface area contributed by atoms with Crippen molar-refractivity contribution in [1.82, 2.24) is 44.9 Å². The Labute approximate surface area is 345 Å². The molecule has 2 atom stereocenters. The normalized spacial score (nSPS) is 19.8. The highest BCUT2D eigenvalue weighted by Crippen LogP contribution is 2.35. The maximum Gasteiger partial charge on any atom is 0.262 e. The zero-order chi connectivity index (χ0) is 41.5. The molecule has 4 aliphatic rings. The van der Waals surface area contributed by atoms with Crippen LogP contribution in [0.1, 0.15) is 90.3 Å². The Hall–Kier alpha value is -6.49. The topological polar surface area (TPSA) is 187 Å². The predicted molar refractivity (Wildman–Crippen MR) is 218 cm³/mol. The van der Waals surface area contributed by atoms with Gasteiger partial charge in [0.05, 0.1) is 41.4 Å². The van der Waals surface area contributed by atoms with Crippen molar-refractivity contribution in [3.8, 4) is 22.6 Å². The van der Waals surface area contributed by atoms with Crippen LogP contribution in [0.3, 0.4) is 0 Å². The fourth-order valence-corrected chi connectivity index (χ4v) is 8.93. The molecule has 16 nitrogen and oxygen atoms in total. The molecule has 3 aromatic heterocycles. The number of hydrogen-bond acceptors (Lipinski definition) is 12. The Bertz CT molecular complexity index is 2440. The number of likely N-dealkylation sites (tertiary alicyclic amines) is 1. The van der Waals surface area contributed by atoms with Crippen molar-refractivity contribution in [2.75, 3.05) is 43.4 Å². The van der Waals surface area contributed by atoms with Crippen molar-refractivity contribution < 1.29 is 28.3 Å². The van der Waals surface area contributed by atoms with Crippen LogP contribution in [0.2, 0.25) is 0 Å². The fraction of sp³-hybridized carbons (Fsp3) is 0.395. The second-order valence-electron chi connectivity index (χ2n) is 16.1. The van der Waals surface area contributed by atoms with Gasteiger partial charge in [0.25, 0.3) is 11.8 Å². The van der Waals surface area contributed by atoms with E-state index in [-0.39, 0.29) is 24.7 Å². The second-order valence-corrected chi connectivity index (χ2v) is 16.1. The number of hydrogen-bond donors (Lipinski definition) is 2. The summed E-state index contributed by atoms with van der Waals surface area (Å²) in [5, 5.41) is 15.4. The van der Waals surface area contributed by atoms with Gasteiger partial charge in [-0.2, -0.15) is 20.1 Å². The summed E-state index contributed by atoms with van der Waals surface area (Å²) in [4.78, 5) is 62.2. The number of imide groups is 2. The van der Waals surface area contributed by atoms with Crippen LogP contribution in [0.25, 0.3) is 16.8 Å². The Kier molecular flexibility index (Phi) is 10.6. The second kappa shape index (κ2) is 16.3. The van der Waals surface area contributed by atoms with Crippen molar-refractivity contribution >= 4 is 35.1 Å². The lowest BCUT2D eigenvalue weighted by Gasteiger charge is -2.36. The number of amides is 4. The molecular formula is C43H46FN11O5. The van der Waals surface area contributed by atoms with Gasteiger partial charge in [-0.3, -0.25) is 34.1 Å². The van der Waals surface area contributed by atoms with Crippen LogP contribution in [-0.2, 0) is 9.59 Å². The van der Waals surface area contributed by atoms with Gasteiger partial charge in [0.2, 0.25) is 11.8 Å². The SMILES string of the molecule is C[C@@H](Oc1cc(-c2cnn(C3CCN(CCC4CCN(c5ccc6c(c5)C(=O)N(C5CCC(=O)NC5=O)C6=O)CC4)CC3)c2)cnc1N)c1cc(F)ccc1-n1nccn1. The van der Waals surface area contributed by atoms with Crippen molar-refractivity contribution in [1.29, 1.82) is 0 Å². The summed E-state index contributed by atoms with van der Waals surface area (Å²) in [5.41, 5.74) is 10.6. The summed E-state index contributed by atoms with van der Waals surface area (Å²) in [6.07, 6.45) is 13.5. The number of anilines is 2. The van der Waals surface area contributed by atoms with Crippen molar-refractivity contribution in [2.24, 2.45) is 5.92 Å². The molecule has 60 heavy (non-hydrogen) atoms. The van der Waals surface area contributed by atoms with Gasteiger partial charge in [-0.05, 0) is 100 Å². The molecule has 2 aromatic carbocycles. The Morgan fingerprint density at radius 1 is 0.867 bits per heavy atom. The molecule has 0 bridgehead atoms. The summed E-state index contributed by atoms with van der Waals surface area (Å²) in [5.74, 6) is -1.16. The number of aromatic nitrogens is 6. The van der Waals surface area contributed by atoms with E-state index in [1.165, 1.54) is 16.9 Å². The van der Waals surface area contributed by atoms with E-state index in [1.54, 1.807) is 36.8 Å². The smallest absolute Gasteiger partial charge is 0.262 e. The Morgan fingerprint density at radius 2 is 1.63 bits per heavy atom. The number of benzene rings is 2. The molecule has 4 aliphatic heterocycles. The number of piperidine rings is 3. The molecule has 0 spiro atoms. The van der Waals surface area contributed by atoms with E-state index in [2.05, 4.69) is 30.3 Å². The number of fused-ring (bicyclic) bond motifs is 1. The summed E-state index contributed by atoms with van der Waals surface area (Å²) in [6, 6.07) is 10.9. The number of rotatable bonds is 11. The number of nitrogens with zero attached hydrogens (tertiary/aromatic N) is 9. The highest BCUT2D eigenvalue weighted by Gasteiger charge is 2.45. The lowest BCUT2D eigenvalue weighted by atomic mass is 9.92. The number of carbonyl (C=O) groups is 4. The number of nitrogen functional groups attached to an aromatic ring is 1. The average molecular weight is 816 g/mol. The van der Waals surface area contributed by atoms with E-state index >= 15 is 0 Å². The number of halogens is 1. The third-order valence-electron chi connectivity index (χ3n) is 12.4. The van der Waals surface area contributed by atoms with Crippen LogP contribution in [0.15, 0.2) is 73.4 Å². The molecule has 0 radical (unpaired) electrons. The summed E-state index contributed by atoms with van der Waals surface area (Å²) in [7, 11) is 0. The molecule has 1 unspecified atom stereocenters. The van der Waals surface area contributed by atoms with Gasteiger partial charge in [0, 0.05) is 67.4 Å². The summed E-state index contributed by atoms with van der Waals surface area (Å²) >= 11 is 0. The van der Waals surface area contributed by atoms with Crippen LogP contribution in [0, 0.1) is 11.7 Å². The molecule has 0 aliphatic carbocycles.